The maximum atomic E-state index is 13.5. The Morgan fingerprint density at radius 1 is 0.881 bits per heavy atom. The number of hydrogen-bond acceptors (Lipinski definition) is 14. The van der Waals surface area contributed by atoms with E-state index in [0.29, 0.717) is 23.7 Å². The number of amides is 2. The van der Waals surface area contributed by atoms with Gasteiger partial charge >= 0.3 is 24.1 Å². The van der Waals surface area contributed by atoms with Crippen LogP contribution < -0.4 is 30.4 Å². The van der Waals surface area contributed by atoms with Crippen molar-refractivity contribution in [2.75, 3.05) is 69.0 Å². The van der Waals surface area contributed by atoms with E-state index in [0.717, 1.165) is 50.0 Å². The van der Waals surface area contributed by atoms with E-state index in [9.17, 15) is 19.2 Å². The summed E-state index contributed by atoms with van der Waals surface area (Å²) in [5, 5.41) is 1.21. The molecule has 2 fully saturated rings. The highest BCUT2D eigenvalue weighted by molar-refractivity contribution is 5.91. The molecule has 2 amide bonds. The van der Waals surface area contributed by atoms with Gasteiger partial charge in [0, 0.05) is 48.3 Å². The van der Waals surface area contributed by atoms with Gasteiger partial charge in [-0.15, -0.1) is 0 Å². The summed E-state index contributed by atoms with van der Waals surface area (Å²) in [7, 11) is 9.10. The van der Waals surface area contributed by atoms with Crippen LogP contribution in [0.5, 0.6) is 23.0 Å². The van der Waals surface area contributed by atoms with E-state index in [2.05, 4.69) is 16.0 Å². The van der Waals surface area contributed by atoms with Crippen molar-refractivity contribution in [1.29, 1.82) is 0 Å². The Labute approximate surface area is 344 Å². The molecule has 3 aliphatic rings. The number of ether oxygens (including phenoxy) is 9. The number of hydrogen-bond donors (Lipinski definition) is 3. The third-order valence-electron chi connectivity index (χ3n) is 11.7. The lowest BCUT2D eigenvalue weighted by molar-refractivity contribution is -0.176. The van der Waals surface area contributed by atoms with E-state index < -0.39 is 41.7 Å². The summed E-state index contributed by atoms with van der Waals surface area (Å²) in [5.41, 5.74) is 13.1. The van der Waals surface area contributed by atoms with Crippen LogP contribution in [0.25, 0.3) is 10.9 Å². The number of primary amides is 2. The summed E-state index contributed by atoms with van der Waals surface area (Å²) in [6.07, 6.45) is 0.866. The van der Waals surface area contributed by atoms with Gasteiger partial charge in [-0.2, -0.15) is 0 Å². The zero-order valence-electron chi connectivity index (χ0n) is 35.1. The molecule has 2 aliphatic heterocycles. The second-order valence-corrected chi connectivity index (χ2v) is 15.5. The normalized spacial score (nSPS) is 22.2. The molecule has 3 aromatic rings. The first-order valence-electron chi connectivity index (χ1n) is 19.6. The number of H-pyrrole nitrogens is 1. The fourth-order valence-electron chi connectivity index (χ4n) is 9.04. The lowest BCUT2D eigenvalue weighted by atomic mass is 9.63. The average molecular weight is 827 g/mol. The van der Waals surface area contributed by atoms with Gasteiger partial charge in [-0.3, -0.25) is 9.69 Å². The summed E-state index contributed by atoms with van der Waals surface area (Å²) in [5.74, 6) is 0.441. The van der Waals surface area contributed by atoms with Crippen LogP contribution in [0.3, 0.4) is 0 Å². The van der Waals surface area contributed by atoms with Crippen molar-refractivity contribution in [3.8, 4) is 23.0 Å². The number of fused-ring (bicyclic) bond motifs is 6. The van der Waals surface area contributed by atoms with Gasteiger partial charge in [0.25, 0.3) is 0 Å². The molecule has 5 N–H and O–H groups in total. The number of methoxy groups -OCH3 is 6. The number of aromatic nitrogens is 1. The van der Waals surface area contributed by atoms with Crippen molar-refractivity contribution in [3.05, 3.63) is 47.2 Å². The molecule has 59 heavy (non-hydrogen) atoms. The van der Waals surface area contributed by atoms with Gasteiger partial charge in [-0.25, -0.2) is 14.4 Å². The van der Waals surface area contributed by atoms with E-state index in [-0.39, 0.29) is 42.6 Å². The van der Waals surface area contributed by atoms with E-state index in [1.807, 2.05) is 26.0 Å². The molecule has 1 saturated heterocycles. The zero-order valence-corrected chi connectivity index (χ0v) is 35.1. The minimum absolute atomic E-state index is 0.0170. The molecule has 0 bridgehead atoms. The van der Waals surface area contributed by atoms with E-state index in [1.165, 1.54) is 45.1 Å². The minimum Gasteiger partial charge on any atom is -0.497 e. The summed E-state index contributed by atoms with van der Waals surface area (Å²) < 4.78 is 48.5. The van der Waals surface area contributed by atoms with Gasteiger partial charge in [-0.1, -0.05) is 20.3 Å². The molecule has 0 radical (unpaired) electrons. The first-order chi connectivity index (χ1) is 28.2. The number of carbonyl (C=O) groups excluding carboxylic acids is 4. The zero-order chi connectivity index (χ0) is 43.0. The summed E-state index contributed by atoms with van der Waals surface area (Å²) in [6, 6.07) is 9.40. The first kappa shape index (κ1) is 44.7. The predicted molar refractivity (Wildman–Crippen MR) is 215 cm³/mol. The van der Waals surface area contributed by atoms with Gasteiger partial charge in [0.1, 0.15) is 31.2 Å². The number of rotatable bonds is 14. The monoisotopic (exact) mass is 826 g/mol. The molecule has 1 aliphatic carbocycles. The first-order valence-corrected chi connectivity index (χ1v) is 19.6. The summed E-state index contributed by atoms with van der Waals surface area (Å²) in [4.78, 5) is 54.1. The third-order valence-corrected chi connectivity index (χ3v) is 11.7. The molecule has 6 atom stereocenters. The maximum Gasteiger partial charge on any atom is 0.404 e. The Balaban J connectivity index is 0.000000376. The molecular weight excluding hydrogens is 768 g/mol. The van der Waals surface area contributed by atoms with E-state index in [1.54, 1.807) is 26.4 Å². The SMILES string of the molecule is CCCC(C)(COC(N)=O)COC(N)=O.COC(=O)[C@H]1[C@H]2C[C@@H]3c4[nH]c5cc(OC)ccc5c4CCN3C[C@H]2C[C@@H](OC(=O)c2cc(OC)c(OC)c(OC)c2)[C@@H]1OC. The van der Waals surface area contributed by atoms with Crippen LogP contribution in [0.2, 0.25) is 0 Å². The highest BCUT2D eigenvalue weighted by Gasteiger charge is 2.54. The van der Waals surface area contributed by atoms with Gasteiger partial charge in [0.05, 0.1) is 53.1 Å². The van der Waals surface area contributed by atoms with Crippen molar-refractivity contribution < 1.29 is 61.8 Å². The number of nitrogens with zero attached hydrogens (tertiary/aromatic N) is 1. The van der Waals surface area contributed by atoms with Crippen LogP contribution in [0.15, 0.2) is 30.3 Å². The van der Waals surface area contributed by atoms with E-state index >= 15 is 0 Å². The highest BCUT2D eigenvalue weighted by Crippen LogP contribution is 2.51. The fraction of sp³-hybridized carbons (Fsp3) is 0.571. The van der Waals surface area contributed by atoms with Crippen molar-refractivity contribution >= 4 is 35.0 Å². The lowest BCUT2D eigenvalue weighted by Gasteiger charge is -2.52. The number of benzene rings is 2. The highest BCUT2D eigenvalue weighted by atomic mass is 16.6. The van der Waals surface area contributed by atoms with Gasteiger partial charge in [0.2, 0.25) is 5.75 Å². The third kappa shape index (κ3) is 9.90. The Morgan fingerprint density at radius 3 is 2.08 bits per heavy atom. The maximum absolute atomic E-state index is 13.5. The van der Waals surface area contributed by atoms with Gasteiger partial charge in [-0.05, 0) is 67.3 Å². The van der Waals surface area contributed by atoms with Crippen molar-refractivity contribution in [2.24, 2.45) is 34.6 Å². The predicted octanol–water partition coefficient (Wildman–Crippen LogP) is 5.15. The Bertz CT molecular complexity index is 1920. The van der Waals surface area contributed by atoms with E-state index in [4.69, 9.17) is 54.1 Å². The average Bonchev–Trinajstić information content (AvgIpc) is 3.61. The van der Waals surface area contributed by atoms with Crippen LogP contribution in [0, 0.1) is 23.2 Å². The summed E-state index contributed by atoms with van der Waals surface area (Å²) in [6.45, 7) is 5.73. The van der Waals surface area contributed by atoms with Crippen molar-refractivity contribution in [3.63, 3.8) is 0 Å². The Morgan fingerprint density at radius 2 is 1.54 bits per heavy atom. The molecular formula is C42H58N4O13. The van der Waals surface area contributed by atoms with Crippen molar-refractivity contribution in [1.82, 2.24) is 9.88 Å². The molecule has 1 saturated carbocycles. The second-order valence-electron chi connectivity index (χ2n) is 15.5. The number of esters is 2. The molecule has 0 unspecified atom stereocenters. The molecule has 6 rings (SSSR count). The molecule has 2 aromatic carbocycles. The lowest BCUT2D eigenvalue weighted by Crippen LogP contribution is -2.58. The number of piperidine rings is 1. The standard InChI is InChI=1S/C33H40N2O9.C9H18N2O4/c1-38-19-7-8-20-21-9-10-35-16-18-13-27(44-32(36)17-11-25(39-2)30(41-4)26(12-17)40-3)31(42-5)28(33(37)43-6)22(18)15-24(35)29(21)34-23(20)14-19;1-3-4-9(2,5-14-7(10)12)6-15-8(11)13/h7-8,11-12,14,18,22,24,27-28,31,34H,9-10,13,15-16H2,1-6H3;3-6H2,1-2H3,(H2,10,12)(H2,11,13)/t18-,22+,24-,27-,28+,31+;/m1./s1. The second kappa shape index (κ2) is 19.6. The number of aromatic amines is 1. The number of nitrogens with one attached hydrogen (secondary N) is 1. The van der Waals surface area contributed by atoms with Crippen LogP contribution in [-0.2, 0) is 34.9 Å². The number of nitrogens with two attached hydrogens (primary N) is 2. The molecule has 1 aromatic heterocycles. The number of carbonyl (C=O) groups is 4. The van der Waals surface area contributed by atoms with Crippen LogP contribution in [0.1, 0.15) is 67.2 Å². The molecule has 17 heteroatoms. The fourth-order valence-corrected chi connectivity index (χ4v) is 9.04. The molecule has 324 valence electrons. The minimum atomic E-state index is -0.837. The van der Waals surface area contributed by atoms with Crippen LogP contribution in [0.4, 0.5) is 9.59 Å². The molecule has 3 heterocycles. The topological polar surface area (TPSA) is 222 Å². The van der Waals surface area contributed by atoms with Crippen LogP contribution in [-0.4, -0.2) is 115 Å². The Hall–Kier alpha value is -5.42. The largest absolute Gasteiger partial charge is 0.497 e. The quantitative estimate of drug-likeness (QED) is 0.141. The molecule has 17 nitrogen and oxygen atoms in total. The molecule has 0 spiro atoms. The Kier molecular flexibility index (Phi) is 14.8. The van der Waals surface area contributed by atoms with Gasteiger partial charge < -0.3 is 59.1 Å². The van der Waals surface area contributed by atoms with Gasteiger partial charge in [0.15, 0.2) is 11.5 Å². The summed E-state index contributed by atoms with van der Waals surface area (Å²) >= 11 is 0. The smallest absolute Gasteiger partial charge is 0.404 e. The van der Waals surface area contributed by atoms with Crippen molar-refractivity contribution in [2.45, 2.75) is 64.2 Å². The van der Waals surface area contributed by atoms with Crippen LogP contribution >= 0.6 is 0 Å².